The highest BCUT2D eigenvalue weighted by atomic mass is 16.5. The fraction of sp³-hybridized carbons (Fsp3) is 0.200. The highest BCUT2D eigenvalue weighted by Crippen LogP contribution is 2.28. The van der Waals surface area contributed by atoms with Crippen molar-refractivity contribution in [1.82, 2.24) is 4.98 Å². The van der Waals surface area contributed by atoms with Crippen LogP contribution in [0.4, 0.5) is 0 Å². The van der Waals surface area contributed by atoms with Gasteiger partial charge in [-0.3, -0.25) is 4.99 Å². The second-order valence-corrected chi connectivity index (χ2v) is 5.55. The normalized spacial score (nSPS) is 11.0. The molecule has 0 saturated heterocycles. The van der Waals surface area contributed by atoms with Crippen LogP contribution in [0.3, 0.4) is 0 Å². The van der Waals surface area contributed by atoms with Crippen LogP contribution in [0.25, 0.3) is 11.5 Å². The van der Waals surface area contributed by atoms with E-state index in [-0.39, 0.29) is 5.95 Å². The molecule has 3 aromatic rings. The summed E-state index contributed by atoms with van der Waals surface area (Å²) in [5, 5.41) is 9.88. The maximum absolute atomic E-state index is 9.88. The Hall–Kier alpha value is -3.28. The van der Waals surface area contributed by atoms with Crippen molar-refractivity contribution in [2.24, 2.45) is 4.99 Å². The summed E-state index contributed by atoms with van der Waals surface area (Å²) in [5.41, 5.74) is 2.19. The van der Waals surface area contributed by atoms with Gasteiger partial charge < -0.3 is 19.0 Å². The molecule has 0 amide bonds. The third-order valence-corrected chi connectivity index (χ3v) is 3.85. The summed E-state index contributed by atoms with van der Waals surface area (Å²) < 4.78 is 15.8. The van der Waals surface area contributed by atoms with Crippen molar-refractivity contribution in [3.63, 3.8) is 0 Å². The second-order valence-electron chi connectivity index (χ2n) is 5.55. The monoisotopic (exact) mass is 352 g/mol. The molecule has 1 N–H and O–H groups in total. The number of benzene rings is 2. The average Bonchev–Trinajstić information content (AvgIpc) is 3.06. The van der Waals surface area contributed by atoms with Crippen LogP contribution in [0, 0.1) is 0 Å². The van der Waals surface area contributed by atoms with Crippen molar-refractivity contribution in [3.8, 4) is 28.9 Å². The minimum absolute atomic E-state index is 0.237. The molecule has 0 spiro atoms. The van der Waals surface area contributed by atoms with Gasteiger partial charge in [0.05, 0.1) is 20.4 Å². The Bertz CT molecular complexity index is 888. The number of nitrogens with zero attached hydrogens (tertiary/aromatic N) is 2. The second kappa shape index (κ2) is 8.20. The van der Waals surface area contributed by atoms with Gasteiger partial charge >= 0.3 is 5.95 Å². The number of ether oxygens (including phenoxy) is 2. The molecule has 0 radical (unpaired) electrons. The van der Waals surface area contributed by atoms with E-state index in [2.05, 4.69) is 9.98 Å². The minimum atomic E-state index is -0.237. The number of hydrogen-bond donors (Lipinski definition) is 1. The van der Waals surface area contributed by atoms with Gasteiger partial charge in [0.2, 0.25) is 5.89 Å². The van der Waals surface area contributed by atoms with E-state index in [1.807, 2.05) is 48.5 Å². The van der Waals surface area contributed by atoms with Crippen LogP contribution in [0.5, 0.6) is 17.4 Å². The van der Waals surface area contributed by atoms with Gasteiger partial charge in [-0.25, -0.2) is 4.98 Å². The van der Waals surface area contributed by atoms with Crippen LogP contribution in [0.15, 0.2) is 57.9 Å². The summed E-state index contributed by atoms with van der Waals surface area (Å²) in [6, 6.07) is 15.2. The summed E-state index contributed by atoms with van der Waals surface area (Å²) in [6.45, 7) is 0.544. The molecule has 6 nitrogen and oxygen atoms in total. The molecule has 2 aromatic carbocycles. The molecule has 6 heteroatoms. The largest absolute Gasteiger partial charge is 0.493 e. The van der Waals surface area contributed by atoms with Crippen molar-refractivity contribution >= 4 is 6.21 Å². The molecular weight excluding hydrogens is 332 g/mol. The Labute approximate surface area is 151 Å². The zero-order valence-corrected chi connectivity index (χ0v) is 14.7. The molecule has 3 rings (SSSR count). The standard InChI is InChI=1S/C20H20N2O4/c1-24-17-9-8-14(12-18(17)25-2)10-11-21-13-16-20(23)26-19(22-16)15-6-4-3-5-7-15/h3-9,12-13,23H,10-11H2,1-2H3. The van der Waals surface area contributed by atoms with E-state index in [4.69, 9.17) is 13.9 Å². The van der Waals surface area contributed by atoms with E-state index in [0.717, 1.165) is 17.5 Å². The molecule has 0 aliphatic heterocycles. The van der Waals surface area contributed by atoms with E-state index in [0.29, 0.717) is 29.6 Å². The van der Waals surface area contributed by atoms with Crippen LogP contribution in [0.1, 0.15) is 11.3 Å². The number of rotatable bonds is 7. The van der Waals surface area contributed by atoms with Crippen LogP contribution in [-0.4, -0.2) is 37.1 Å². The third-order valence-electron chi connectivity index (χ3n) is 3.85. The van der Waals surface area contributed by atoms with Crippen molar-refractivity contribution in [1.29, 1.82) is 0 Å². The average molecular weight is 352 g/mol. The van der Waals surface area contributed by atoms with Crippen molar-refractivity contribution in [3.05, 3.63) is 59.8 Å². The first-order valence-electron chi connectivity index (χ1n) is 8.17. The number of methoxy groups -OCH3 is 2. The van der Waals surface area contributed by atoms with Gasteiger partial charge in [-0.1, -0.05) is 24.3 Å². The molecular formula is C20H20N2O4. The quantitative estimate of drug-likeness (QED) is 0.656. The number of oxazole rings is 1. The van der Waals surface area contributed by atoms with Crippen molar-refractivity contribution in [2.75, 3.05) is 20.8 Å². The van der Waals surface area contributed by atoms with E-state index >= 15 is 0 Å². The number of aromatic hydroxyl groups is 1. The zero-order valence-electron chi connectivity index (χ0n) is 14.7. The van der Waals surface area contributed by atoms with Crippen molar-refractivity contribution in [2.45, 2.75) is 6.42 Å². The van der Waals surface area contributed by atoms with Gasteiger partial charge in [-0.2, -0.15) is 0 Å². The highest BCUT2D eigenvalue weighted by molar-refractivity contribution is 5.80. The predicted octanol–water partition coefficient (Wildman–Crippen LogP) is 3.73. The lowest BCUT2D eigenvalue weighted by Gasteiger charge is -2.08. The number of aliphatic imine (C=N–C) groups is 1. The van der Waals surface area contributed by atoms with E-state index in [1.54, 1.807) is 14.2 Å². The number of hydrogen-bond acceptors (Lipinski definition) is 6. The predicted molar refractivity (Wildman–Crippen MR) is 99.3 cm³/mol. The van der Waals surface area contributed by atoms with Crippen LogP contribution < -0.4 is 9.47 Å². The molecule has 0 fully saturated rings. The van der Waals surface area contributed by atoms with Crippen LogP contribution >= 0.6 is 0 Å². The smallest absolute Gasteiger partial charge is 0.312 e. The first-order valence-corrected chi connectivity index (χ1v) is 8.17. The van der Waals surface area contributed by atoms with Gasteiger partial charge in [-0.05, 0) is 36.2 Å². The van der Waals surface area contributed by atoms with Crippen molar-refractivity contribution < 1.29 is 19.0 Å². The van der Waals surface area contributed by atoms with Gasteiger partial charge in [-0.15, -0.1) is 0 Å². The summed E-state index contributed by atoms with van der Waals surface area (Å²) >= 11 is 0. The SMILES string of the molecule is COc1ccc(CCN=Cc2nc(-c3ccccc3)oc2O)cc1OC. The molecule has 0 aliphatic carbocycles. The third kappa shape index (κ3) is 4.03. The Kier molecular flexibility index (Phi) is 5.53. The molecule has 0 aliphatic rings. The minimum Gasteiger partial charge on any atom is -0.493 e. The maximum atomic E-state index is 9.88. The number of aromatic nitrogens is 1. The van der Waals surface area contributed by atoms with E-state index < -0.39 is 0 Å². The molecule has 1 aromatic heterocycles. The first kappa shape index (κ1) is 17.5. The molecule has 26 heavy (non-hydrogen) atoms. The summed E-state index contributed by atoms with van der Waals surface area (Å²) in [4.78, 5) is 8.60. The van der Waals surface area contributed by atoms with Crippen LogP contribution in [0.2, 0.25) is 0 Å². The lowest BCUT2D eigenvalue weighted by Crippen LogP contribution is -1.95. The van der Waals surface area contributed by atoms with Gasteiger partial charge in [0, 0.05) is 12.1 Å². The molecule has 0 saturated carbocycles. The highest BCUT2D eigenvalue weighted by Gasteiger charge is 2.11. The Morgan fingerprint density at radius 2 is 1.85 bits per heavy atom. The molecule has 134 valence electrons. The molecule has 0 bridgehead atoms. The fourth-order valence-electron chi connectivity index (χ4n) is 2.49. The summed E-state index contributed by atoms with van der Waals surface area (Å²) in [6.07, 6.45) is 2.24. The van der Waals surface area contributed by atoms with E-state index in [1.165, 1.54) is 6.21 Å². The Morgan fingerprint density at radius 1 is 1.08 bits per heavy atom. The van der Waals surface area contributed by atoms with Gasteiger partial charge in [0.25, 0.3) is 0 Å². The zero-order chi connectivity index (χ0) is 18.4. The van der Waals surface area contributed by atoms with Gasteiger partial charge in [0.1, 0.15) is 0 Å². The summed E-state index contributed by atoms with van der Waals surface area (Å²) in [7, 11) is 3.22. The molecule has 0 unspecified atom stereocenters. The molecule has 0 atom stereocenters. The van der Waals surface area contributed by atoms with E-state index in [9.17, 15) is 5.11 Å². The lowest BCUT2D eigenvalue weighted by molar-refractivity contribution is 0.337. The Morgan fingerprint density at radius 3 is 2.58 bits per heavy atom. The topological polar surface area (TPSA) is 77.1 Å². The van der Waals surface area contributed by atoms with Crippen LogP contribution in [-0.2, 0) is 6.42 Å². The lowest BCUT2D eigenvalue weighted by atomic mass is 10.1. The molecule has 1 heterocycles. The first-order chi connectivity index (χ1) is 12.7. The van der Waals surface area contributed by atoms with Gasteiger partial charge in [0.15, 0.2) is 17.2 Å². The maximum Gasteiger partial charge on any atom is 0.312 e. The Balaban J connectivity index is 1.64. The summed E-state index contributed by atoms with van der Waals surface area (Å²) in [5.74, 6) is 1.51. The fourth-order valence-corrected chi connectivity index (χ4v) is 2.49.